The Hall–Kier alpha value is -3.31. The topological polar surface area (TPSA) is 158 Å². The molecule has 0 atom stereocenters. The van der Waals surface area contributed by atoms with E-state index in [9.17, 15) is 23.6 Å². The quantitative estimate of drug-likeness (QED) is 0.279. The number of aromatic amines is 1. The van der Waals surface area contributed by atoms with Crippen LogP contribution in [0.3, 0.4) is 0 Å². The van der Waals surface area contributed by atoms with E-state index in [1.54, 1.807) is 0 Å². The molecule has 3 rings (SSSR count). The van der Waals surface area contributed by atoms with E-state index in [2.05, 4.69) is 15.2 Å². The molecule has 1 heterocycles. The minimum absolute atomic E-state index is 0.0630. The first-order chi connectivity index (χ1) is 11.8. The zero-order valence-electron chi connectivity index (χ0n) is 12.3. The maximum absolute atomic E-state index is 11.2. The number of aromatic nitrogens is 1. The maximum atomic E-state index is 11.2. The van der Waals surface area contributed by atoms with Gasteiger partial charge in [-0.15, -0.1) is 5.11 Å². The average Bonchev–Trinajstić information content (AvgIpc) is 2.86. The fourth-order valence-electron chi connectivity index (χ4n) is 2.18. The second-order valence-corrected chi connectivity index (χ2v) is 6.40. The summed E-state index contributed by atoms with van der Waals surface area (Å²) >= 11 is 0. The number of H-pyrrole nitrogens is 1. The summed E-state index contributed by atoms with van der Waals surface area (Å²) in [7, 11) is -4.43. The van der Waals surface area contributed by atoms with Crippen molar-refractivity contribution < 1.29 is 23.0 Å². The van der Waals surface area contributed by atoms with Gasteiger partial charge in [0.2, 0.25) is 5.88 Å². The lowest BCUT2D eigenvalue weighted by molar-refractivity contribution is -0.384. The molecule has 0 saturated carbocycles. The number of hydrogen-bond donors (Lipinski definition) is 3. The zero-order chi connectivity index (χ0) is 18.2. The standard InChI is InChI=1S/C14H10N4O6S/c19-14-13(17-16-8-2-1-3-9(6-8)18(20)21)11-7-10(25(22,23)24)4-5-12(11)15-14/h1-7,15,19H,(H,22,23,24). The molecule has 25 heavy (non-hydrogen) atoms. The lowest BCUT2D eigenvalue weighted by Crippen LogP contribution is -1.96. The molecule has 0 unspecified atom stereocenters. The summed E-state index contributed by atoms with van der Waals surface area (Å²) in [6.45, 7) is 0. The van der Waals surface area contributed by atoms with Gasteiger partial charge >= 0.3 is 0 Å². The highest BCUT2D eigenvalue weighted by atomic mass is 32.2. The van der Waals surface area contributed by atoms with E-state index in [0.717, 1.165) is 12.1 Å². The fourth-order valence-corrected chi connectivity index (χ4v) is 2.69. The largest absolute Gasteiger partial charge is 0.493 e. The molecule has 0 aliphatic carbocycles. The minimum Gasteiger partial charge on any atom is -0.493 e. The molecule has 0 saturated heterocycles. The van der Waals surface area contributed by atoms with Crippen LogP contribution in [-0.2, 0) is 10.1 Å². The van der Waals surface area contributed by atoms with Gasteiger partial charge in [-0.05, 0) is 24.3 Å². The number of nitro groups is 1. The third-order valence-corrected chi connectivity index (χ3v) is 4.18. The Bertz CT molecular complexity index is 1120. The smallest absolute Gasteiger partial charge is 0.294 e. The van der Waals surface area contributed by atoms with E-state index in [1.807, 2.05) is 0 Å². The number of aromatic hydroxyl groups is 1. The van der Waals surface area contributed by atoms with E-state index in [4.69, 9.17) is 4.55 Å². The molecule has 10 nitrogen and oxygen atoms in total. The van der Waals surface area contributed by atoms with Crippen LogP contribution in [0, 0.1) is 10.1 Å². The molecular formula is C14H10N4O6S. The average molecular weight is 362 g/mol. The summed E-state index contributed by atoms with van der Waals surface area (Å²) in [4.78, 5) is 12.4. The predicted octanol–water partition coefficient (Wildman–Crippen LogP) is 3.44. The highest BCUT2D eigenvalue weighted by molar-refractivity contribution is 7.85. The zero-order valence-corrected chi connectivity index (χ0v) is 13.1. The van der Waals surface area contributed by atoms with Crippen LogP contribution in [0.2, 0.25) is 0 Å². The lowest BCUT2D eigenvalue weighted by atomic mass is 10.2. The van der Waals surface area contributed by atoms with Crippen molar-refractivity contribution in [2.75, 3.05) is 0 Å². The molecule has 3 aromatic rings. The second kappa shape index (κ2) is 5.96. The normalized spacial score (nSPS) is 12.0. The van der Waals surface area contributed by atoms with Crippen molar-refractivity contribution in [1.29, 1.82) is 0 Å². The highest BCUT2D eigenvalue weighted by Gasteiger charge is 2.16. The molecule has 128 valence electrons. The van der Waals surface area contributed by atoms with Crippen LogP contribution in [0.25, 0.3) is 10.9 Å². The number of hydrogen-bond acceptors (Lipinski definition) is 7. The number of nitro benzene ring substituents is 1. The van der Waals surface area contributed by atoms with Gasteiger partial charge in [0.05, 0.1) is 21.0 Å². The monoisotopic (exact) mass is 362 g/mol. The lowest BCUT2D eigenvalue weighted by Gasteiger charge is -1.97. The van der Waals surface area contributed by atoms with Crippen LogP contribution in [0.4, 0.5) is 17.1 Å². The number of nitrogens with one attached hydrogen (secondary N) is 1. The summed E-state index contributed by atoms with van der Waals surface area (Å²) in [5.41, 5.74) is 0.312. The number of rotatable bonds is 4. The van der Waals surface area contributed by atoms with E-state index in [-0.39, 0.29) is 33.2 Å². The third kappa shape index (κ3) is 3.32. The Balaban J connectivity index is 2.07. The van der Waals surface area contributed by atoms with Crippen molar-refractivity contribution in [1.82, 2.24) is 4.98 Å². The molecular weight excluding hydrogens is 352 g/mol. The molecule has 0 aliphatic heterocycles. The molecule has 0 radical (unpaired) electrons. The van der Waals surface area contributed by atoms with Crippen molar-refractivity contribution >= 4 is 38.1 Å². The number of fused-ring (bicyclic) bond motifs is 1. The summed E-state index contributed by atoms with van der Waals surface area (Å²) in [6, 6.07) is 9.03. The molecule has 0 fully saturated rings. The molecule has 3 N–H and O–H groups in total. The number of benzene rings is 2. The number of nitrogens with zero attached hydrogens (tertiary/aromatic N) is 3. The van der Waals surface area contributed by atoms with Crippen molar-refractivity contribution in [3.8, 4) is 5.88 Å². The minimum atomic E-state index is -4.43. The molecule has 1 aromatic heterocycles. The van der Waals surface area contributed by atoms with Crippen LogP contribution < -0.4 is 0 Å². The van der Waals surface area contributed by atoms with Gasteiger partial charge in [0.15, 0.2) is 5.69 Å². The van der Waals surface area contributed by atoms with Crippen molar-refractivity contribution in [2.45, 2.75) is 4.90 Å². The van der Waals surface area contributed by atoms with Gasteiger partial charge in [-0.2, -0.15) is 13.5 Å². The Kier molecular flexibility index (Phi) is 3.94. The first-order valence-corrected chi connectivity index (χ1v) is 8.18. The Morgan fingerprint density at radius 3 is 2.56 bits per heavy atom. The number of non-ortho nitro benzene ring substituents is 1. The maximum Gasteiger partial charge on any atom is 0.294 e. The van der Waals surface area contributed by atoms with Crippen molar-refractivity contribution in [3.05, 3.63) is 52.6 Å². The SMILES string of the molecule is O=[N+]([O-])c1cccc(N=Nc2c(O)[nH]c3ccc(S(=O)(=O)O)cc23)c1. The first kappa shape index (κ1) is 16.5. The summed E-state index contributed by atoms with van der Waals surface area (Å²) in [6.07, 6.45) is 0. The summed E-state index contributed by atoms with van der Waals surface area (Å²) in [5.74, 6) is -0.364. The highest BCUT2D eigenvalue weighted by Crippen LogP contribution is 2.37. The molecule has 0 amide bonds. The Labute approximate surface area is 140 Å². The van der Waals surface area contributed by atoms with Gasteiger partial charge in [-0.25, -0.2) is 0 Å². The second-order valence-electron chi connectivity index (χ2n) is 4.98. The molecule has 0 bridgehead atoms. The van der Waals surface area contributed by atoms with Gasteiger partial charge in [0.1, 0.15) is 0 Å². The van der Waals surface area contributed by atoms with Crippen molar-refractivity contribution in [2.24, 2.45) is 10.2 Å². The van der Waals surface area contributed by atoms with Gasteiger partial charge in [0, 0.05) is 17.5 Å². The van der Waals surface area contributed by atoms with E-state index in [1.165, 1.54) is 30.3 Å². The van der Waals surface area contributed by atoms with Crippen LogP contribution in [0.1, 0.15) is 0 Å². The van der Waals surface area contributed by atoms with Gasteiger partial charge in [-0.1, -0.05) is 6.07 Å². The molecule has 11 heteroatoms. The van der Waals surface area contributed by atoms with Crippen LogP contribution in [0.15, 0.2) is 57.6 Å². The number of azo groups is 1. The predicted molar refractivity (Wildman–Crippen MR) is 87.1 cm³/mol. The Morgan fingerprint density at radius 2 is 1.88 bits per heavy atom. The third-order valence-electron chi connectivity index (χ3n) is 3.33. The molecule has 2 aromatic carbocycles. The van der Waals surface area contributed by atoms with E-state index < -0.39 is 15.0 Å². The van der Waals surface area contributed by atoms with E-state index >= 15 is 0 Å². The summed E-state index contributed by atoms with van der Waals surface area (Å²) in [5, 5.41) is 28.5. The first-order valence-electron chi connectivity index (χ1n) is 6.74. The molecule has 0 spiro atoms. The summed E-state index contributed by atoms with van der Waals surface area (Å²) < 4.78 is 31.6. The Morgan fingerprint density at radius 1 is 1.12 bits per heavy atom. The van der Waals surface area contributed by atoms with Crippen LogP contribution >= 0.6 is 0 Å². The van der Waals surface area contributed by atoms with Gasteiger partial charge < -0.3 is 10.1 Å². The molecule has 0 aliphatic rings. The van der Waals surface area contributed by atoms with Crippen LogP contribution in [-0.4, -0.2) is 28.0 Å². The van der Waals surface area contributed by atoms with Crippen LogP contribution in [0.5, 0.6) is 5.88 Å². The fraction of sp³-hybridized carbons (Fsp3) is 0. The van der Waals surface area contributed by atoms with E-state index in [0.29, 0.717) is 5.52 Å². The van der Waals surface area contributed by atoms with Crippen molar-refractivity contribution in [3.63, 3.8) is 0 Å². The van der Waals surface area contributed by atoms with Gasteiger partial charge in [0.25, 0.3) is 15.8 Å². The van der Waals surface area contributed by atoms with Gasteiger partial charge in [-0.3, -0.25) is 14.7 Å².